The average Bonchev–Trinajstić information content (AvgIpc) is 3.20. The van der Waals surface area contributed by atoms with Crippen LogP contribution in [0.4, 0.5) is 4.79 Å². The van der Waals surface area contributed by atoms with Crippen molar-refractivity contribution in [2.45, 2.75) is 57.7 Å². The van der Waals surface area contributed by atoms with Gasteiger partial charge in [-0.25, -0.2) is 9.59 Å². The third-order valence-electron chi connectivity index (χ3n) is 6.60. The van der Waals surface area contributed by atoms with Crippen molar-refractivity contribution in [2.24, 2.45) is 0 Å². The molecule has 0 heterocycles. The number of esters is 2. The highest BCUT2D eigenvalue weighted by molar-refractivity contribution is 5.91. The van der Waals surface area contributed by atoms with Gasteiger partial charge in [-0.15, -0.1) is 0 Å². The quantitative estimate of drug-likeness (QED) is 0.263. The molecule has 2 atom stereocenters. The van der Waals surface area contributed by atoms with Crippen molar-refractivity contribution in [3.05, 3.63) is 72.5 Å². The molecule has 0 N–H and O–H groups in total. The zero-order chi connectivity index (χ0) is 29.8. The summed E-state index contributed by atoms with van der Waals surface area (Å²) < 4.78 is 23.1. The molecule has 9 heteroatoms. The zero-order valence-corrected chi connectivity index (χ0v) is 23.2. The maximum absolute atomic E-state index is 13.3. The lowest BCUT2D eigenvalue weighted by atomic mass is 9.98. The lowest BCUT2D eigenvalue weighted by Gasteiger charge is -2.32. The first-order valence-electron chi connectivity index (χ1n) is 13.1. The fraction of sp³-hybridized carbons (Fsp3) is 0.400. The number of hydrogen-bond acceptors (Lipinski definition) is 7. The molecular formula is C30H36N2O7. The Morgan fingerprint density at radius 3 is 2.05 bits per heavy atom. The molecule has 0 spiro atoms. The number of likely N-dealkylation sites (N-methyl/N-ethyl adjacent to an activating group) is 2. The van der Waals surface area contributed by atoms with Gasteiger partial charge < -0.3 is 19.1 Å². The van der Waals surface area contributed by atoms with E-state index in [1.165, 1.54) is 21.0 Å². The van der Waals surface area contributed by atoms with E-state index in [1.54, 1.807) is 20.8 Å². The van der Waals surface area contributed by atoms with Gasteiger partial charge in [0.25, 0.3) is 0 Å². The van der Waals surface area contributed by atoms with E-state index >= 15 is 0 Å². The second-order valence-corrected chi connectivity index (χ2v) is 10.4. The second kappa shape index (κ2) is 12.1. The van der Waals surface area contributed by atoms with Crippen molar-refractivity contribution in [1.29, 1.82) is 0 Å². The van der Waals surface area contributed by atoms with Crippen molar-refractivity contribution in [3.63, 3.8) is 0 Å². The Balaban J connectivity index is 1.69. The van der Waals surface area contributed by atoms with Crippen LogP contribution in [0.5, 0.6) is 0 Å². The fourth-order valence-corrected chi connectivity index (χ4v) is 4.53. The summed E-state index contributed by atoms with van der Waals surface area (Å²) in [5.41, 5.74) is 3.49. The number of hydrogen-bond donors (Lipinski definition) is 0. The van der Waals surface area contributed by atoms with Gasteiger partial charge in [0.2, 0.25) is 5.91 Å². The van der Waals surface area contributed by atoms with Crippen LogP contribution in [-0.2, 0) is 28.6 Å². The molecule has 208 valence electrons. The van der Waals surface area contributed by atoms with Crippen LogP contribution in [0.25, 0.3) is 11.1 Å². The highest BCUT2D eigenvalue weighted by Gasteiger charge is 2.36. The molecule has 2 amide bonds. The van der Waals surface area contributed by atoms with E-state index in [-0.39, 0.29) is 12.5 Å². The van der Waals surface area contributed by atoms with Crippen LogP contribution in [-0.4, -0.2) is 72.1 Å². The van der Waals surface area contributed by atoms with E-state index in [0.717, 1.165) is 32.1 Å². The van der Waals surface area contributed by atoms with Gasteiger partial charge >= 0.3 is 18.0 Å². The number of carbonyl (C=O) groups excluding carboxylic acids is 4. The van der Waals surface area contributed by atoms with Crippen LogP contribution >= 0.6 is 0 Å². The molecule has 2 aromatic carbocycles. The third kappa shape index (κ3) is 6.85. The zero-order valence-electron chi connectivity index (χ0n) is 24.2. The predicted octanol–water partition coefficient (Wildman–Crippen LogP) is 4.50. The maximum Gasteiger partial charge on any atom is 0.410 e. The van der Waals surface area contributed by atoms with E-state index in [2.05, 4.69) is 6.58 Å². The Labute approximate surface area is 230 Å². The van der Waals surface area contributed by atoms with Crippen molar-refractivity contribution in [2.75, 3.05) is 20.7 Å². The summed E-state index contributed by atoms with van der Waals surface area (Å²) in [5.74, 6) is -2.54. The number of rotatable bonds is 9. The first kappa shape index (κ1) is 27.9. The molecule has 0 bridgehead atoms. The largest absolute Gasteiger partial charge is 0.460 e. The van der Waals surface area contributed by atoms with Gasteiger partial charge in [0.1, 0.15) is 25.7 Å². The molecule has 39 heavy (non-hydrogen) atoms. The van der Waals surface area contributed by atoms with E-state index in [9.17, 15) is 19.2 Å². The van der Waals surface area contributed by atoms with Crippen LogP contribution in [0.1, 0.15) is 52.5 Å². The first-order chi connectivity index (χ1) is 18.7. The minimum Gasteiger partial charge on any atom is -0.460 e. The van der Waals surface area contributed by atoms with Crippen molar-refractivity contribution in [3.8, 4) is 11.1 Å². The summed E-state index contributed by atoms with van der Waals surface area (Å²) in [6, 6.07) is 13.5. The van der Waals surface area contributed by atoms with E-state index in [4.69, 9.17) is 15.6 Å². The van der Waals surface area contributed by atoms with Crippen LogP contribution in [0.15, 0.2) is 61.3 Å². The van der Waals surface area contributed by atoms with Crippen molar-refractivity contribution >= 4 is 23.9 Å². The van der Waals surface area contributed by atoms with Gasteiger partial charge in [-0.3, -0.25) is 14.5 Å². The molecule has 0 aliphatic heterocycles. The molecule has 3 rings (SSSR count). The van der Waals surface area contributed by atoms with Gasteiger partial charge in [0.15, 0.2) is 0 Å². The van der Waals surface area contributed by atoms with Gasteiger partial charge in [0, 0.05) is 20.0 Å². The summed E-state index contributed by atoms with van der Waals surface area (Å²) in [5, 5.41) is 0. The smallest absolute Gasteiger partial charge is 0.410 e. The minimum absolute atomic E-state index is 0.0765. The predicted molar refractivity (Wildman–Crippen MR) is 146 cm³/mol. The van der Waals surface area contributed by atoms with E-state index < -0.39 is 54.3 Å². The molecule has 1 aliphatic carbocycles. The van der Waals surface area contributed by atoms with Crippen LogP contribution in [0, 0.1) is 0 Å². The number of fused-ring (bicyclic) bond motifs is 3. The van der Waals surface area contributed by atoms with Gasteiger partial charge in [-0.1, -0.05) is 55.1 Å². The summed E-state index contributed by atoms with van der Waals surface area (Å²) >= 11 is 0. The maximum atomic E-state index is 13.3. The lowest BCUT2D eigenvalue weighted by Crippen LogP contribution is -2.52. The summed E-state index contributed by atoms with van der Waals surface area (Å²) in [6.45, 7) is 9.80. The Kier molecular flexibility index (Phi) is 8.69. The lowest BCUT2D eigenvalue weighted by molar-refractivity contribution is -0.162. The minimum atomic E-state index is -1.40. The Morgan fingerprint density at radius 1 is 1.00 bits per heavy atom. The molecule has 9 nitrogen and oxygen atoms in total. The van der Waals surface area contributed by atoms with Crippen LogP contribution in [0.2, 0.25) is 0 Å². The molecule has 0 aromatic heterocycles. The standard InChI is InChI=1S/C30H36N2O7/c1-8-37-28(35)25(17-26(33)39-30(3,4)5)32(7)27(34)19(2)31(6)29(36)38-18-24-22-15-11-9-13-20(22)21-14-10-12-16-23(21)24/h8-16,19,24-25H,1,17-18H2,2-7H3/t19-,25-/m0/s1/i8T. The fourth-order valence-electron chi connectivity index (χ4n) is 4.53. The summed E-state index contributed by atoms with van der Waals surface area (Å²) in [7, 11) is 2.73. The van der Waals surface area contributed by atoms with Crippen molar-refractivity contribution < 1.29 is 34.8 Å². The number of benzene rings is 2. The second-order valence-electron chi connectivity index (χ2n) is 10.4. The number of amides is 2. The Morgan fingerprint density at radius 2 is 1.54 bits per heavy atom. The molecule has 2 aromatic rings. The van der Waals surface area contributed by atoms with Gasteiger partial charge in [-0.05, 0) is 49.9 Å². The number of nitrogens with zero attached hydrogens (tertiary/aromatic N) is 2. The average molecular weight is 539 g/mol. The summed E-state index contributed by atoms with van der Waals surface area (Å²) in [4.78, 5) is 53.6. The normalized spacial score (nSPS) is 14.2. The number of carbonyl (C=O) groups is 4. The SMILES string of the molecule is [3H]C(=C)OC(=O)[C@H](CC(=O)OC(C)(C)C)N(C)C(=O)[C@H](C)N(C)C(=O)OCC1c2ccccc2-c2ccccc21. The molecule has 0 unspecified atom stereocenters. The highest BCUT2D eigenvalue weighted by atomic mass is 16.6. The van der Waals surface area contributed by atoms with Crippen LogP contribution < -0.4 is 0 Å². The molecule has 1 aliphatic rings. The monoisotopic (exact) mass is 538 g/mol. The van der Waals surface area contributed by atoms with Crippen molar-refractivity contribution in [1.82, 2.24) is 9.80 Å². The molecular weight excluding hydrogens is 500 g/mol. The molecule has 0 radical (unpaired) electrons. The molecule has 0 fully saturated rings. The Bertz CT molecular complexity index is 1260. The molecule has 0 saturated carbocycles. The third-order valence-corrected chi connectivity index (χ3v) is 6.60. The highest BCUT2D eigenvalue weighted by Crippen LogP contribution is 2.44. The number of ether oxygens (including phenoxy) is 3. The van der Waals surface area contributed by atoms with Crippen LogP contribution in [0.3, 0.4) is 0 Å². The first-order valence-corrected chi connectivity index (χ1v) is 12.6. The van der Waals surface area contributed by atoms with E-state index in [1.807, 2.05) is 48.5 Å². The van der Waals surface area contributed by atoms with Gasteiger partial charge in [-0.2, -0.15) is 0 Å². The summed E-state index contributed by atoms with van der Waals surface area (Å²) in [6.07, 6.45) is -1.86. The Hall–Kier alpha value is -4.14. The topological polar surface area (TPSA) is 102 Å². The van der Waals surface area contributed by atoms with Gasteiger partial charge in [0.05, 0.1) is 12.7 Å². The molecule has 0 saturated heterocycles. The van der Waals surface area contributed by atoms with E-state index in [0.29, 0.717) is 0 Å².